The van der Waals surface area contributed by atoms with E-state index < -0.39 is 0 Å². The van der Waals surface area contributed by atoms with Gasteiger partial charge in [0.05, 0.1) is 29.6 Å². The van der Waals surface area contributed by atoms with E-state index in [0.717, 1.165) is 27.3 Å². The second kappa shape index (κ2) is 6.99. The summed E-state index contributed by atoms with van der Waals surface area (Å²) in [6.45, 7) is 0. The lowest BCUT2D eigenvalue weighted by atomic mass is 10.0. The largest absolute Gasteiger partial charge is 0.508 e. The fraction of sp³-hybridized carbons (Fsp3) is 0.0476. The van der Waals surface area contributed by atoms with Gasteiger partial charge in [-0.05, 0) is 36.4 Å². The van der Waals surface area contributed by atoms with Crippen molar-refractivity contribution in [3.63, 3.8) is 0 Å². The van der Waals surface area contributed by atoms with Crippen LogP contribution in [0.25, 0.3) is 44.2 Å². The number of rotatable bonds is 4. The molecule has 4 heterocycles. The Morgan fingerprint density at radius 2 is 1.93 bits per heavy atom. The first kappa shape index (κ1) is 17.3. The molecule has 142 valence electrons. The number of pyridine rings is 2. The SMILES string of the molecule is COc1ccc(O)cc1-c1cc(-c2nccs2)c2c(-c3ccccn3)[nH]nc2n1. The zero-order valence-electron chi connectivity index (χ0n) is 15.3. The molecule has 0 saturated carbocycles. The number of fused-ring (bicyclic) bond motifs is 1. The van der Waals surface area contributed by atoms with Crippen molar-refractivity contribution in [3.8, 4) is 44.7 Å². The van der Waals surface area contributed by atoms with Crippen molar-refractivity contribution in [1.29, 1.82) is 0 Å². The number of methoxy groups -OCH3 is 1. The minimum atomic E-state index is 0.134. The number of aromatic amines is 1. The van der Waals surface area contributed by atoms with Gasteiger partial charge in [0.15, 0.2) is 5.65 Å². The molecule has 5 aromatic rings. The van der Waals surface area contributed by atoms with Gasteiger partial charge in [-0.2, -0.15) is 5.10 Å². The lowest BCUT2D eigenvalue weighted by molar-refractivity contribution is 0.414. The number of phenolic OH excluding ortho intramolecular Hbond substituents is 1. The lowest BCUT2D eigenvalue weighted by Crippen LogP contribution is -1.93. The Morgan fingerprint density at radius 3 is 2.69 bits per heavy atom. The Labute approximate surface area is 169 Å². The zero-order chi connectivity index (χ0) is 19.8. The fourth-order valence-electron chi connectivity index (χ4n) is 3.28. The Hall–Kier alpha value is -3.78. The Kier molecular flexibility index (Phi) is 4.18. The highest BCUT2D eigenvalue weighted by molar-refractivity contribution is 7.13. The van der Waals surface area contributed by atoms with Crippen LogP contribution in [0.5, 0.6) is 11.5 Å². The normalized spacial score (nSPS) is 11.1. The maximum absolute atomic E-state index is 9.99. The highest BCUT2D eigenvalue weighted by Gasteiger charge is 2.20. The predicted octanol–water partition coefficient (Wildman–Crippen LogP) is 4.52. The van der Waals surface area contributed by atoms with E-state index in [2.05, 4.69) is 20.2 Å². The molecule has 5 rings (SSSR count). The molecule has 0 radical (unpaired) electrons. The molecule has 0 atom stereocenters. The van der Waals surface area contributed by atoms with E-state index in [1.807, 2.05) is 29.6 Å². The molecule has 29 heavy (non-hydrogen) atoms. The fourth-order valence-corrected chi connectivity index (χ4v) is 3.94. The predicted molar refractivity (Wildman–Crippen MR) is 112 cm³/mol. The first-order valence-corrected chi connectivity index (χ1v) is 9.70. The van der Waals surface area contributed by atoms with Gasteiger partial charge in [0.2, 0.25) is 0 Å². The van der Waals surface area contributed by atoms with E-state index in [4.69, 9.17) is 9.72 Å². The van der Waals surface area contributed by atoms with Crippen LogP contribution in [0.1, 0.15) is 0 Å². The number of ether oxygens (including phenoxy) is 1. The van der Waals surface area contributed by atoms with Crippen LogP contribution in [0, 0.1) is 0 Å². The molecule has 0 spiro atoms. The summed E-state index contributed by atoms with van der Waals surface area (Å²) in [5.74, 6) is 0.745. The molecule has 4 aromatic heterocycles. The van der Waals surface area contributed by atoms with Crippen molar-refractivity contribution in [2.75, 3.05) is 7.11 Å². The summed E-state index contributed by atoms with van der Waals surface area (Å²) in [5, 5.41) is 21.1. The van der Waals surface area contributed by atoms with Crippen LogP contribution >= 0.6 is 11.3 Å². The van der Waals surface area contributed by atoms with E-state index in [1.165, 1.54) is 11.3 Å². The van der Waals surface area contributed by atoms with Crippen LogP contribution in [0.2, 0.25) is 0 Å². The summed E-state index contributed by atoms with van der Waals surface area (Å²) in [6, 6.07) is 12.6. The van der Waals surface area contributed by atoms with Gasteiger partial charge in [-0.3, -0.25) is 10.1 Å². The van der Waals surface area contributed by atoms with Crippen LogP contribution < -0.4 is 4.74 Å². The lowest BCUT2D eigenvalue weighted by Gasteiger charge is -2.10. The van der Waals surface area contributed by atoms with E-state index in [9.17, 15) is 5.11 Å². The number of hydrogen-bond acceptors (Lipinski definition) is 7. The molecule has 0 unspecified atom stereocenters. The Morgan fingerprint density at radius 1 is 1.00 bits per heavy atom. The molecule has 0 aliphatic rings. The maximum Gasteiger partial charge on any atom is 0.182 e. The van der Waals surface area contributed by atoms with E-state index in [-0.39, 0.29) is 5.75 Å². The number of thiazole rings is 1. The molecule has 0 aliphatic heterocycles. The third-order valence-electron chi connectivity index (χ3n) is 4.57. The van der Waals surface area contributed by atoms with E-state index >= 15 is 0 Å². The number of H-pyrrole nitrogens is 1. The number of hydrogen-bond donors (Lipinski definition) is 2. The summed E-state index contributed by atoms with van der Waals surface area (Å²) >= 11 is 1.53. The summed E-state index contributed by atoms with van der Waals surface area (Å²) in [6.07, 6.45) is 3.51. The minimum Gasteiger partial charge on any atom is -0.508 e. The molecule has 7 nitrogen and oxygen atoms in total. The standard InChI is InChI=1S/C21H15N5O2S/c1-28-17-6-5-12(27)10-13(17)16-11-14(21-23-8-9-29-21)18-19(25-26-20(18)24-16)15-4-2-3-7-22-15/h2-11,27H,1H3,(H,24,25,26). The quantitative estimate of drug-likeness (QED) is 0.459. The van der Waals surface area contributed by atoms with Crippen LogP contribution in [-0.4, -0.2) is 37.4 Å². The summed E-state index contributed by atoms with van der Waals surface area (Å²) in [4.78, 5) is 13.7. The number of nitrogens with one attached hydrogen (secondary N) is 1. The smallest absolute Gasteiger partial charge is 0.182 e. The van der Waals surface area contributed by atoms with Crippen LogP contribution in [0.15, 0.2) is 60.2 Å². The van der Waals surface area contributed by atoms with Gasteiger partial charge in [0.1, 0.15) is 16.5 Å². The second-order valence-electron chi connectivity index (χ2n) is 6.29. The zero-order valence-corrected chi connectivity index (χ0v) is 16.1. The minimum absolute atomic E-state index is 0.134. The van der Waals surface area contributed by atoms with Gasteiger partial charge in [-0.15, -0.1) is 11.3 Å². The van der Waals surface area contributed by atoms with Crippen molar-refractivity contribution >= 4 is 22.4 Å². The topological polar surface area (TPSA) is 96.8 Å². The van der Waals surface area contributed by atoms with Gasteiger partial charge in [0, 0.05) is 28.9 Å². The van der Waals surface area contributed by atoms with Crippen molar-refractivity contribution < 1.29 is 9.84 Å². The van der Waals surface area contributed by atoms with Gasteiger partial charge in [0.25, 0.3) is 0 Å². The molecule has 2 N–H and O–H groups in total. The van der Waals surface area contributed by atoms with Crippen LogP contribution in [0.3, 0.4) is 0 Å². The van der Waals surface area contributed by atoms with Gasteiger partial charge in [-0.25, -0.2) is 9.97 Å². The summed E-state index contributed by atoms with van der Waals surface area (Å²) < 4.78 is 5.47. The third kappa shape index (κ3) is 2.99. The molecule has 0 fully saturated rings. The molecule has 8 heteroatoms. The first-order chi connectivity index (χ1) is 14.2. The number of nitrogens with zero attached hydrogens (tertiary/aromatic N) is 4. The number of aromatic nitrogens is 5. The van der Waals surface area contributed by atoms with E-state index in [0.29, 0.717) is 22.7 Å². The van der Waals surface area contributed by atoms with Crippen LogP contribution in [0.4, 0.5) is 0 Å². The summed E-state index contributed by atoms with van der Waals surface area (Å²) in [5.41, 5.74) is 4.30. The van der Waals surface area contributed by atoms with Crippen molar-refractivity contribution in [3.05, 3.63) is 60.2 Å². The molecule has 0 bridgehead atoms. The first-order valence-electron chi connectivity index (χ1n) is 8.82. The Bertz CT molecular complexity index is 1300. The highest BCUT2D eigenvalue weighted by atomic mass is 32.1. The molecule has 0 aliphatic carbocycles. The van der Waals surface area contributed by atoms with Crippen molar-refractivity contribution in [2.45, 2.75) is 0 Å². The molecular formula is C21H15N5O2S. The molecular weight excluding hydrogens is 386 g/mol. The highest BCUT2D eigenvalue weighted by Crippen LogP contribution is 2.39. The molecule has 1 aromatic carbocycles. The van der Waals surface area contributed by atoms with Gasteiger partial charge < -0.3 is 9.84 Å². The number of phenols is 1. The third-order valence-corrected chi connectivity index (χ3v) is 5.37. The number of benzene rings is 1. The van der Waals surface area contributed by atoms with Gasteiger partial charge in [-0.1, -0.05) is 6.07 Å². The monoisotopic (exact) mass is 401 g/mol. The van der Waals surface area contributed by atoms with Gasteiger partial charge >= 0.3 is 0 Å². The number of aromatic hydroxyl groups is 1. The molecule has 0 saturated heterocycles. The van der Waals surface area contributed by atoms with Crippen LogP contribution in [-0.2, 0) is 0 Å². The van der Waals surface area contributed by atoms with E-state index in [1.54, 1.807) is 37.7 Å². The average Bonchev–Trinajstić information content (AvgIpc) is 3.44. The van der Waals surface area contributed by atoms with Crippen molar-refractivity contribution in [1.82, 2.24) is 25.1 Å². The summed E-state index contributed by atoms with van der Waals surface area (Å²) in [7, 11) is 1.59. The maximum atomic E-state index is 9.99. The Balaban J connectivity index is 1.82. The average molecular weight is 401 g/mol. The molecule has 0 amide bonds. The second-order valence-corrected chi connectivity index (χ2v) is 7.18. The van der Waals surface area contributed by atoms with Crippen molar-refractivity contribution in [2.24, 2.45) is 0 Å².